The van der Waals surface area contributed by atoms with Gasteiger partial charge in [-0.05, 0) is 39.0 Å². The van der Waals surface area contributed by atoms with Crippen LogP contribution in [0.2, 0.25) is 0 Å². The molecule has 32 heavy (non-hydrogen) atoms. The number of thioether (sulfide) groups is 1. The standard InChI is InChI=1S/C23H21N5O3S/c1-12-9-13(2)28-22(24-12)26-23(27-28)32-14(3)21(29)25-17-11-19-16(10-20(17)30-4)15-7-5-6-8-18(15)31-19/h5-11,14H,1-4H3,(H,25,29)/t14-/m1/s1. The fourth-order valence-corrected chi connectivity index (χ4v) is 4.41. The number of aromatic nitrogens is 4. The van der Waals surface area contributed by atoms with E-state index in [-0.39, 0.29) is 5.91 Å². The summed E-state index contributed by atoms with van der Waals surface area (Å²) in [6, 6.07) is 13.4. The lowest BCUT2D eigenvalue weighted by atomic mass is 10.1. The molecule has 0 spiro atoms. The number of aryl methyl sites for hydroxylation is 2. The van der Waals surface area contributed by atoms with E-state index >= 15 is 0 Å². The van der Waals surface area contributed by atoms with Gasteiger partial charge >= 0.3 is 0 Å². The van der Waals surface area contributed by atoms with Crippen LogP contribution in [0.25, 0.3) is 27.7 Å². The summed E-state index contributed by atoms with van der Waals surface area (Å²) in [6.07, 6.45) is 0. The van der Waals surface area contributed by atoms with Gasteiger partial charge in [-0.25, -0.2) is 9.50 Å². The minimum atomic E-state index is -0.440. The van der Waals surface area contributed by atoms with Crippen LogP contribution in [-0.4, -0.2) is 37.8 Å². The highest BCUT2D eigenvalue weighted by molar-refractivity contribution is 8.00. The highest BCUT2D eigenvalue weighted by Crippen LogP contribution is 2.36. The van der Waals surface area contributed by atoms with Gasteiger partial charge < -0.3 is 14.5 Å². The van der Waals surface area contributed by atoms with Crippen molar-refractivity contribution >= 4 is 51.1 Å². The third-order valence-corrected chi connectivity index (χ3v) is 6.16. The van der Waals surface area contributed by atoms with Crippen LogP contribution in [0.3, 0.4) is 0 Å². The summed E-state index contributed by atoms with van der Waals surface area (Å²) < 4.78 is 13.2. The fraction of sp³-hybridized carbons (Fsp3) is 0.217. The van der Waals surface area contributed by atoms with Crippen LogP contribution in [0, 0.1) is 13.8 Å². The van der Waals surface area contributed by atoms with Crippen molar-refractivity contribution in [1.82, 2.24) is 19.6 Å². The second kappa shape index (κ2) is 7.83. The molecule has 3 heterocycles. The number of furan rings is 1. The Hall–Kier alpha value is -3.59. The van der Waals surface area contributed by atoms with Gasteiger partial charge in [-0.1, -0.05) is 30.0 Å². The number of anilines is 1. The van der Waals surface area contributed by atoms with Crippen LogP contribution < -0.4 is 10.1 Å². The van der Waals surface area contributed by atoms with Gasteiger partial charge in [-0.3, -0.25) is 4.79 Å². The van der Waals surface area contributed by atoms with E-state index in [1.165, 1.54) is 11.8 Å². The molecule has 0 fully saturated rings. The quantitative estimate of drug-likeness (QED) is 0.388. The molecule has 0 saturated heterocycles. The van der Waals surface area contributed by atoms with E-state index in [2.05, 4.69) is 20.4 Å². The lowest BCUT2D eigenvalue weighted by molar-refractivity contribution is -0.115. The molecule has 9 heteroatoms. The molecule has 0 aliphatic rings. The monoisotopic (exact) mass is 447 g/mol. The molecular formula is C23H21N5O3S. The summed E-state index contributed by atoms with van der Waals surface area (Å²) >= 11 is 1.27. The summed E-state index contributed by atoms with van der Waals surface area (Å²) in [5.41, 5.74) is 3.83. The van der Waals surface area contributed by atoms with Crippen molar-refractivity contribution in [2.75, 3.05) is 12.4 Å². The zero-order valence-corrected chi connectivity index (χ0v) is 18.9. The molecule has 0 aliphatic heterocycles. The molecule has 0 aliphatic carbocycles. The van der Waals surface area contributed by atoms with Crippen LogP contribution >= 0.6 is 11.8 Å². The number of carbonyl (C=O) groups excluding carboxylic acids is 1. The largest absolute Gasteiger partial charge is 0.495 e. The van der Waals surface area contributed by atoms with Crippen molar-refractivity contribution in [2.45, 2.75) is 31.2 Å². The van der Waals surface area contributed by atoms with Crippen LogP contribution in [0.5, 0.6) is 5.75 Å². The predicted molar refractivity (Wildman–Crippen MR) is 124 cm³/mol. The van der Waals surface area contributed by atoms with Crippen LogP contribution in [0.4, 0.5) is 5.69 Å². The molecule has 1 atom stereocenters. The lowest BCUT2D eigenvalue weighted by Crippen LogP contribution is -2.22. The third kappa shape index (κ3) is 3.54. The topological polar surface area (TPSA) is 94.5 Å². The number of benzene rings is 2. The minimum Gasteiger partial charge on any atom is -0.495 e. The van der Waals surface area contributed by atoms with E-state index in [9.17, 15) is 4.79 Å². The number of nitrogens with one attached hydrogen (secondary N) is 1. The molecule has 2 aromatic carbocycles. The van der Waals surface area contributed by atoms with E-state index < -0.39 is 5.25 Å². The summed E-state index contributed by atoms with van der Waals surface area (Å²) in [5.74, 6) is 0.897. The molecule has 1 N–H and O–H groups in total. The first-order valence-electron chi connectivity index (χ1n) is 10.1. The summed E-state index contributed by atoms with van der Waals surface area (Å²) in [6.45, 7) is 5.67. The number of hydrogen-bond acceptors (Lipinski definition) is 7. The zero-order chi connectivity index (χ0) is 22.4. The maximum atomic E-state index is 12.9. The number of amides is 1. The maximum absolute atomic E-state index is 12.9. The average molecular weight is 448 g/mol. The van der Waals surface area contributed by atoms with Crippen molar-refractivity contribution in [3.8, 4) is 5.75 Å². The van der Waals surface area contributed by atoms with Crippen molar-refractivity contribution < 1.29 is 13.9 Å². The number of para-hydroxylation sites is 1. The number of hydrogen-bond donors (Lipinski definition) is 1. The van der Waals surface area contributed by atoms with E-state index in [0.29, 0.717) is 28.0 Å². The molecule has 0 saturated carbocycles. The van der Waals surface area contributed by atoms with Gasteiger partial charge in [-0.15, -0.1) is 5.10 Å². The Balaban J connectivity index is 1.40. The van der Waals surface area contributed by atoms with Crippen LogP contribution in [0.1, 0.15) is 18.3 Å². The lowest BCUT2D eigenvalue weighted by Gasteiger charge is -2.13. The Labute approximate surface area is 188 Å². The molecule has 0 unspecified atom stereocenters. The van der Waals surface area contributed by atoms with Crippen molar-refractivity contribution in [1.29, 1.82) is 0 Å². The Morgan fingerprint density at radius 2 is 1.94 bits per heavy atom. The fourth-order valence-electron chi connectivity index (χ4n) is 3.66. The Kier molecular flexibility index (Phi) is 4.97. The molecule has 5 aromatic rings. The van der Waals surface area contributed by atoms with E-state index in [1.54, 1.807) is 17.7 Å². The van der Waals surface area contributed by atoms with Gasteiger partial charge in [0.25, 0.3) is 5.78 Å². The number of fused-ring (bicyclic) bond motifs is 4. The SMILES string of the molecule is COc1cc2c(cc1NC(=O)[C@@H](C)Sc1nc3nc(C)cc(C)n3n1)oc1ccccc12. The molecule has 1 amide bonds. The van der Waals surface area contributed by atoms with Gasteiger partial charge in [0.05, 0.1) is 18.0 Å². The van der Waals surface area contributed by atoms with Crippen molar-refractivity contribution in [2.24, 2.45) is 0 Å². The Morgan fingerprint density at radius 3 is 2.75 bits per heavy atom. The molecule has 0 radical (unpaired) electrons. The van der Waals surface area contributed by atoms with Crippen molar-refractivity contribution in [3.05, 3.63) is 53.9 Å². The molecule has 0 bridgehead atoms. The zero-order valence-electron chi connectivity index (χ0n) is 18.0. The molecule has 5 rings (SSSR count). The van der Waals surface area contributed by atoms with Crippen molar-refractivity contribution in [3.63, 3.8) is 0 Å². The molecular weight excluding hydrogens is 426 g/mol. The molecule has 162 valence electrons. The minimum absolute atomic E-state index is 0.191. The first-order valence-corrected chi connectivity index (χ1v) is 11.0. The van der Waals surface area contributed by atoms with Crippen LogP contribution in [-0.2, 0) is 4.79 Å². The molecule has 8 nitrogen and oxygen atoms in total. The number of methoxy groups -OCH3 is 1. The summed E-state index contributed by atoms with van der Waals surface area (Å²) in [7, 11) is 1.58. The van der Waals surface area contributed by atoms with Gasteiger partial charge in [0, 0.05) is 28.2 Å². The van der Waals surface area contributed by atoms with Gasteiger partial charge in [0.15, 0.2) is 0 Å². The van der Waals surface area contributed by atoms with E-state index in [1.807, 2.05) is 57.2 Å². The van der Waals surface area contributed by atoms with Gasteiger partial charge in [0.2, 0.25) is 11.1 Å². The average Bonchev–Trinajstić information content (AvgIpc) is 3.33. The highest BCUT2D eigenvalue weighted by Gasteiger charge is 2.21. The van der Waals surface area contributed by atoms with Gasteiger partial charge in [-0.2, -0.15) is 4.98 Å². The second-order valence-corrected chi connectivity index (χ2v) is 8.85. The Bertz CT molecular complexity index is 1490. The third-order valence-electron chi connectivity index (χ3n) is 5.21. The highest BCUT2D eigenvalue weighted by atomic mass is 32.2. The molecule has 3 aromatic heterocycles. The smallest absolute Gasteiger partial charge is 0.253 e. The predicted octanol–water partition coefficient (Wildman–Crippen LogP) is 4.77. The van der Waals surface area contributed by atoms with E-state index in [0.717, 1.165) is 27.7 Å². The number of rotatable bonds is 5. The summed E-state index contributed by atoms with van der Waals surface area (Å²) in [5, 5.41) is 9.41. The first kappa shape index (κ1) is 20.3. The first-order chi connectivity index (χ1) is 15.4. The normalized spacial score (nSPS) is 12.5. The maximum Gasteiger partial charge on any atom is 0.253 e. The van der Waals surface area contributed by atoms with Crippen LogP contribution in [0.15, 0.2) is 52.0 Å². The number of carbonyl (C=O) groups is 1. The van der Waals surface area contributed by atoms with Gasteiger partial charge in [0.1, 0.15) is 16.9 Å². The number of nitrogens with zero attached hydrogens (tertiary/aromatic N) is 4. The second-order valence-electron chi connectivity index (χ2n) is 7.54. The summed E-state index contributed by atoms with van der Waals surface area (Å²) in [4.78, 5) is 21.8. The Morgan fingerprint density at radius 1 is 1.12 bits per heavy atom. The number of ether oxygens (including phenoxy) is 1. The van der Waals surface area contributed by atoms with E-state index in [4.69, 9.17) is 9.15 Å².